The van der Waals surface area contributed by atoms with Gasteiger partial charge in [0.1, 0.15) is 0 Å². The van der Waals surface area contributed by atoms with E-state index in [1.165, 1.54) is 21.7 Å². The quantitative estimate of drug-likeness (QED) is 0.553. The number of carbonyl (C=O) groups is 3. The number of hydrogen-bond donors (Lipinski definition) is 0. The second kappa shape index (κ2) is 8.45. The van der Waals surface area contributed by atoms with Gasteiger partial charge in [0.05, 0.1) is 16.8 Å². The molecule has 6 heteroatoms. The number of nitrogens with zero attached hydrogens (tertiary/aromatic N) is 3. The molecule has 34 heavy (non-hydrogen) atoms. The Hall–Kier alpha value is -3.93. The van der Waals surface area contributed by atoms with Crippen LogP contribution in [0.25, 0.3) is 0 Å². The van der Waals surface area contributed by atoms with Crippen LogP contribution in [0.1, 0.15) is 47.8 Å². The van der Waals surface area contributed by atoms with Gasteiger partial charge in [0.15, 0.2) is 0 Å². The lowest BCUT2D eigenvalue weighted by Gasteiger charge is -2.36. The van der Waals surface area contributed by atoms with Gasteiger partial charge in [-0.05, 0) is 74.4 Å². The SMILES string of the molecule is Cc1ccc(N2C(=O)c3ccc(C(=O)N4CCN(c5ccc(C)c(C)c5)CC4)cc3C2=O)cc1. The van der Waals surface area contributed by atoms with Gasteiger partial charge in [-0.3, -0.25) is 14.4 Å². The zero-order chi connectivity index (χ0) is 24.0. The van der Waals surface area contributed by atoms with Crippen LogP contribution in [0.5, 0.6) is 0 Å². The molecule has 1 fully saturated rings. The highest BCUT2D eigenvalue weighted by Gasteiger charge is 2.37. The number of benzene rings is 3. The molecule has 0 atom stereocenters. The van der Waals surface area contributed by atoms with Crippen LogP contribution in [0, 0.1) is 20.8 Å². The highest BCUT2D eigenvalue weighted by Crippen LogP contribution is 2.30. The van der Waals surface area contributed by atoms with E-state index in [9.17, 15) is 14.4 Å². The third-order valence-electron chi connectivity index (χ3n) is 6.85. The zero-order valence-electron chi connectivity index (χ0n) is 19.7. The van der Waals surface area contributed by atoms with Crippen molar-refractivity contribution in [1.29, 1.82) is 0 Å². The number of imide groups is 1. The fraction of sp³-hybridized carbons (Fsp3) is 0.250. The van der Waals surface area contributed by atoms with Gasteiger partial charge in [-0.1, -0.05) is 23.8 Å². The number of anilines is 2. The van der Waals surface area contributed by atoms with Crippen LogP contribution >= 0.6 is 0 Å². The average molecular weight is 454 g/mol. The summed E-state index contributed by atoms with van der Waals surface area (Å²) in [6.45, 7) is 8.86. The molecule has 0 spiro atoms. The molecule has 0 saturated carbocycles. The Labute approximate surface area is 199 Å². The molecule has 172 valence electrons. The van der Waals surface area contributed by atoms with E-state index in [0.29, 0.717) is 29.9 Å². The minimum absolute atomic E-state index is 0.114. The minimum Gasteiger partial charge on any atom is -0.368 e. The molecule has 3 aromatic rings. The summed E-state index contributed by atoms with van der Waals surface area (Å²) in [4.78, 5) is 44.5. The summed E-state index contributed by atoms with van der Waals surface area (Å²) in [5.74, 6) is -0.862. The molecule has 0 aromatic heterocycles. The fourth-order valence-electron chi connectivity index (χ4n) is 4.57. The summed E-state index contributed by atoms with van der Waals surface area (Å²) in [5.41, 5.74) is 6.33. The van der Waals surface area contributed by atoms with Crippen molar-refractivity contribution in [2.24, 2.45) is 0 Å². The van der Waals surface area contributed by atoms with E-state index in [0.717, 1.165) is 18.7 Å². The first-order valence-corrected chi connectivity index (χ1v) is 11.5. The Morgan fingerprint density at radius 3 is 2.00 bits per heavy atom. The second-order valence-electron chi connectivity index (χ2n) is 9.09. The number of piperazine rings is 1. The minimum atomic E-state index is -0.391. The highest BCUT2D eigenvalue weighted by atomic mass is 16.2. The van der Waals surface area contributed by atoms with Crippen molar-refractivity contribution in [1.82, 2.24) is 4.90 Å². The molecule has 2 aliphatic heterocycles. The van der Waals surface area contributed by atoms with Crippen molar-refractivity contribution in [3.8, 4) is 0 Å². The van der Waals surface area contributed by atoms with E-state index in [1.54, 1.807) is 30.3 Å². The molecular weight excluding hydrogens is 426 g/mol. The Balaban J connectivity index is 1.31. The Morgan fingerprint density at radius 1 is 0.676 bits per heavy atom. The second-order valence-corrected chi connectivity index (χ2v) is 9.09. The first kappa shape index (κ1) is 21.9. The maximum absolute atomic E-state index is 13.2. The molecule has 2 heterocycles. The van der Waals surface area contributed by atoms with Gasteiger partial charge in [-0.15, -0.1) is 0 Å². The molecule has 2 aliphatic rings. The molecular formula is C28H27N3O3. The monoisotopic (exact) mass is 453 g/mol. The van der Waals surface area contributed by atoms with Crippen molar-refractivity contribution >= 4 is 29.1 Å². The summed E-state index contributed by atoms with van der Waals surface area (Å²) >= 11 is 0. The normalized spacial score (nSPS) is 15.7. The molecule has 3 amide bonds. The van der Waals surface area contributed by atoms with Crippen molar-refractivity contribution < 1.29 is 14.4 Å². The van der Waals surface area contributed by atoms with E-state index in [2.05, 4.69) is 36.9 Å². The number of amides is 3. The van der Waals surface area contributed by atoms with Gasteiger partial charge in [-0.2, -0.15) is 0 Å². The molecule has 5 rings (SSSR count). The summed E-state index contributed by atoms with van der Waals surface area (Å²) in [6.07, 6.45) is 0. The molecule has 6 nitrogen and oxygen atoms in total. The maximum Gasteiger partial charge on any atom is 0.266 e. The van der Waals surface area contributed by atoms with Crippen molar-refractivity contribution in [3.63, 3.8) is 0 Å². The molecule has 3 aromatic carbocycles. The van der Waals surface area contributed by atoms with Gasteiger partial charge in [-0.25, -0.2) is 4.90 Å². The van der Waals surface area contributed by atoms with E-state index < -0.39 is 5.91 Å². The van der Waals surface area contributed by atoms with Gasteiger partial charge >= 0.3 is 0 Å². The van der Waals surface area contributed by atoms with Crippen LogP contribution in [0.2, 0.25) is 0 Å². The predicted octanol–water partition coefficient (Wildman–Crippen LogP) is 4.37. The topological polar surface area (TPSA) is 60.9 Å². The smallest absolute Gasteiger partial charge is 0.266 e. The number of rotatable bonds is 3. The van der Waals surface area contributed by atoms with Crippen LogP contribution in [-0.4, -0.2) is 48.8 Å². The highest BCUT2D eigenvalue weighted by molar-refractivity contribution is 6.34. The lowest BCUT2D eigenvalue weighted by molar-refractivity contribution is 0.0746. The lowest BCUT2D eigenvalue weighted by Crippen LogP contribution is -2.48. The van der Waals surface area contributed by atoms with Crippen LogP contribution in [0.3, 0.4) is 0 Å². The van der Waals surface area contributed by atoms with Crippen LogP contribution in [0.4, 0.5) is 11.4 Å². The van der Waals surface area contributed by atoms with Gasteiger partial charge in [0.2, 0.25) is 0 Å². The standard InChI is InChI=1S/C28H27N3O3/c1-18-4-8-22(9-5-18)31-27(33)24-11-7-21(17-25(24)28(31)34)26(32)30-14-12-29(13-15-30)23-10-6-19(2)20(3)16-23/h4-11,16-17H,12-15H2,1-3H3. The van der Waals surface area contributed by atoms with Crippen LogP contribution in [0.15, 0.2) is 60.7 Å². The zero-order valence-corrected chi connectivity index (χ0v) is 19.7. The fourth-order valence-corrected chi connectivity index (χ4v) is 4.57. The predicted molar refractivity (Wildman–Crippen MR) is 133 cm³/mol. The van der Waals surface area contributed by atoms with E-state index in [-0.39, 0.29) is 17.4 Å². The first-order chi connectivity index (χ1) is 16.3. The third kappa shape index (κ3) is 3.75. The van der Waals surface area contributed by atoms with Crippen molar-refractivity contribution in [2.45, 2.75) is 20.8 Å². The van der Waals surface area contributed by atoms with Crippen molar-refractivity contribution in [3.05, 3.63) is 94.0 Å². The van der Waals surface area contributed by atoms with E-state index in [4.69, 9.17) is 0 Å². The molecule has 1 saturated heterocycles. The summed E-state index contributed by atoms with van der Waals surface area (Å²) in [6, 6.07) is 18.5. The molecule has 0 radical (unpaired) electrons. The summed E-state index contributed by atoms with van der Waals surface area (Å²) in [7, 11) is 0. The van der Waals surface area contributed by atoms with Crippen LogP contribution in [-0.2, 0) is 0 Å². The number of fused-ring (bicyclic) bond motifs is 1. The average Bonchev–Trinajstić information content (AvgIpc) is 3.10. The Morgan fingerprint density at radius 2 is 1.32 bits per heavy atom. The van der Waals surface area contributed by atoms with Gasteiger partial charge in [0.25, 0.3) is 17.7 Å². The molecule has 0 aliphatic carbocycles. The number of aryl methyl sites for hydroxylation is 3. The van der Waals surface area contributed by atoms with Crippen molar-refractivity contribution in [2.75, 3.05) is 36.0 Å². The maximum atomic E-state index is 13.2. The number of carbonyl (C=O) groups excluding carboxylic acids is 3. The van der Waals surface area contributed by atoms with E-state index >= 15 is 0 Å². The third-order valence-corrected chi connectivity index (χ3v) is 6.85. The molecule has 0 bridgehead atoms. The Bertz CT molecular complexity index is 1300. The molecule has 0 N–H and O–H groups in total. The summed E-state index contributed by atoms with van der Waals surface area (Å²) in [5, 5.41) is 0. The van der Waals surface area contributed by atoms with Crippen LogP contribution < -0.4 is 9.80 Å². The van der Waals surface area contributed by atoms with Gasteiger partial charge in [0, 0.05) is 37.4 Å². The Kier molecular flexibility index (Phi) is 5.44. The van der Waals surface area contributed by atoms with E-state index in [1.807, 2.05) is 24.0 Å². The lowest BCUT2D eigenvalue weighted by atomic mass is 10.0. The molecule has 0 unspecified atom stereocenters. The summed E-state index contributed by atoms with van der Waals surface area (Å²) < 4.78 is 0. The number of hydrogen-bond acceptors (Lipinski definition) is 4. The first-order valence-electron chi connectivity index (χ1n) is 11.5. The largest absolute Gasteiger partial charge is 0.368 e. The van der Waals surface area contributed by atoms with Gasteiger partial charge < -0.3 is 9.80 Å².